The number of aromatic nitrogens is 3. The number of alkyl halides is 3. The van der Waals surface area contributed by atoms with E-state index in [0.29, 0.717) is 48.7 Å². The number of carbonyl (C=O) groups is 1. The predicted molar refractivity (Wildman–Crippen MR) is 123 cm³/mol. The van der Waals surface area contributed by atoms with Gasteiger partial charge < -0.3 is 9.64 Å². The van der Waals surface area contributed by atoms with Gasteiger partial charge in [-0.2, -0.15) is 13.2 Å². The summed E-state index contributed by atoms with van der Waals surface area (Å²) >= 11 is 0. The van der Waals surface area contributed by atoms with Crippen molar-refractivity contribution in [3.63, 3.8) is 0 Å². The number of fused-ring (bicyclic) bond motifs is 1. The lowest BCUT2D eigenvalue weighted by atomic mass is 9.96. The molecule has 2 aromatic heterocycles. The number of piperidine rings is 1. The van der Waals surface area contributed by atoms with Gasteiger partial charge in [-0.25, -0.2) is 4.39 Å². The van der Waals surface area contributed by atoms with Gasteiger partial charge >= 0.3 is 6.18 Å². The number of carbonyl (C=O) groups excluding carboxylic acids is 1. The molecule has 4 aromatic rings. The molecule has 0 radical (unpaired) electrons. The molecule has 0 N–H and O–H groups in total. The normalized spacial score (nSPS) is 16.3. The maximum atomic E-state index is 13.4. The molecule has 0 saturated carbocycles. The molecule has 1 fully saturated rings. The highest BCUT2D eigenvalue weighted by Gasteiger charge is 2.33. The van der Waals surface area contributed by atoms with Gasteiger partial charge in [0.1, 0.15) is 24.0 Å². The molecular formula is C26H22F4N4O2. The molecule has 1 amide bonds. The van der Waals surface area contributed by atoms with E-state index in [2.05, 4.69) is 10.2 Å². The van der Waals surface area contributed by atoms with Crippen LogP contribution in [-0.2, 0) is 12.8 Å². The lowest BCUT2D eigenvalue weighted by Gasteiger charge is -2.32. The van der Waals surface area contributed by atoms with Gasteiger partial charge in [0.05, 0.1) is 11.1 Å². The van der Waals surface area contributed by atoms with Crippen molar-refractivity contribution in [3.05, 3.63) is 95.2 Å². The first-order valence-corrected chi connectivity index (χ1v) is 11.5. The van der Waals surface area contributed by atoms with Gasteiger partial charge in [-0.3, -0.25) is 9.20 Å². The zero-order valence-electron chi connectivity index (χ0n) is 19.1. The van der Waals surface area contributed by atoms with Crippen LogP contribution >= 0.6 is 0 Å². The fraction of sp³-hybridized carbons (Fsp3) is 0.269. The molecule has 2 aromatic carbocycles. The van der Waals surface area contributed by atoms with E-state index in [1.165, 1.54) is 22.6 Å². The third-order valence-corrected chi connectivity index (χ3v) is 6.25. The standard InChI is InChI=1S/C26H22F4N4O2/c27-20-10-7-17(8-11-20)16-36-22-6-2-1-5-21(22)25(35)33-13-3-4-18(14-33)24-32-31-23-12-9-19(15-34(23)24)26(28,29)30/h1-2,5-12,15,18H,3-4,13-14,16H2/t18-/m0/s1. The number of rotatable bonds is 5. The molecule has 0 spiro atoms. The zero-order valence-corrected chi connectivity index (χ0v) is 19.1. The Hall–Kier alpha value is -3.95. The van der Waals surface area contributed by atoms with E-state index < -0.39 is 11.7 Å². The van der Waals surface area contributed by atoms with Crippen molar-refractivity contribution in [1.82, 2.24) is 19.5 Å². The zero-order chi connectivity index (χ0) is 25.3. The molecule has 5 rings (SSSR count). The number of ether oxygens (including phenoxy) is 1. The maximum Gasteiger partial charge on any atom is 0.417 e. The Morgan fingerprint density at radius 2 is 1.81 bits per heavy atom. The summed E-state index contributed by atoms with van der Waals surface area (Å²) in [4.78, 5) is 15.1. The predicted octanol–water partition coefficient (Wildman–Crippen LogP) is 5.49. The van der Waals surface area contributed by atoms with Crippen molar-refractivity contribution in [2.45, 2.75) is 31.5 Å². The highest BCUT2D eigenvalue weighted by molar-refractivity contribution is 5.97. The van der Waals surface area contributed by atoms with Crippen LogP contribution in [0.5, 0.6) is 5.75 Å². The molecule has 3 heterocycles. The molecule has 10 heteroatoms. The van der Waals surface area contributed by atoms with Gasteiger partial charge in [0.15, 0.2) is 5.65 Å². The van der Waals surface area contributed by atoms with Crippen LogP contribution in [0.15, 0.2) is 66.9 Å². The third-order valence-electron chi connectivity index (χ3n) is 6.25. The largest absolute Gasteiger partial charge is 0.488 e. The summed E-state index contributed by atoms with van der Waals surface area (Å²) in [6.07, 6.45) is -2.14. The number of pyridine rings is 1. The molecule has 1 saturated heterocycles. The molecule has 1 aliphatic rings. The van der Waals surface area contributed by atoms with Crippen LogP contribution in [-0.4, -0.2) is 38.5 Å². The minimum Gasteiger partial charge on any atom is -0.488 e. The highest BCUT2D eigenvalue weighted by atomic mass is 19.4. The maximum absolute atomic E-state index is 13.4. The average Bonchev–Trinajstić information content (AvgIpc) is 3.31. The number of para-hydroxylation sites is 1. The van der Waals surface area contributed by atoms with E-state index in [4.69, 9.17) is 4.74 Å². The molecular weight excluding hydrogens is 476 g/mol. The van der Waals surface area contributed by atoms with Crippen molar-refractivity contribution in [2.75, 3.05) is 13.1 Å². The molecule has 1 atom stereocenters. The Morgan fingerprint density at radius 3 is 2.58 bits per heavy atom. The van der Waals surface area contributed by atoms with Crippen LogP contribution in [0.2, 0.25) is 0 Å². The second-order valence-electron chi connectivity index (χ2n) is 8.70. The quantitative estimate of drug-likeness (QED) is 0.342. The average molecular weight is 498 g/mol. The Labute approximate surface area is 204 Å². The van der Waals surface area contributed by atoms with E-state index in [9.17, 15) is 22.4 Å². The van der Waals surface area contributed by atoms with Gasteiger partial charge in [-0.15, -0.1) is 10.2 Å². The van der Waals surface area contributed by atoms with Gasteiger partial charge in [-0.1, -0.05) is 24.3 Å². The first-order valence-electron chi connectivity index (χ1n) is 11.5. The van der Waals surface area contributed by atoms with Crippen LogP contribution < -0.4 is 4.74 Å². The fourth-order valence-electron chi connectivity index (χ4n) is 4.41. The van der Waals surface area contributed by atoms with Crippen LogP contribution in [0.3, 0.4) is 0 Å². The fourth-order valence-corrected chi connectivity index (χ4v) is 4.41. The van der Waals surface area contributed by atoms with Gasteiger partial charge in [0.2, 0.25) is 0 Å². The van der Waals surface area contributed by atoms with Gasteiger partial charge in [-0.05, 0) is 54.8 Å². The Kier molecular flexibility index (Phi) is 6.34. The number of nitrogens with zero attached hydrogens (tertiary/aromatic N) is 4. The van der Waals surface area contributed by atoms with E-state index in [0.717, 1.165) is 17.8 Å². The molecule has 36 heavy (non-hydrogen) atoms. The summed E-state index contributed by atoms with van der Waals surface area (Å²) < 4.78 is 60.1. The first kappa shape index (κ1) is 23.8. The van der Waals surface area contributed by atoms with Crippen molar-refractivity contribution < 1.29 is 27.1 Å². The summed E-state index contributed by atoms with van der Waals surface area (Å²) in [6.45, 7) is 0.967. The SMILES string of the molecule is O=C(c1ccccc1OCc1ccc(F)cc1)N1CCC[C@H](c2nnc3ccc(C(F)(F)F)cn23)C1. The number of benzene rings is 2. The molecule has 0 aliphatic carbocycles. The second kappa shape index (κ2) is 9.60. The Morgan fingerprint density at radius 1 is 1.03 bits per heavy atom. The topological polar surface area (TPSA) is 59.7 Å². The number of likely N-dealkylation sites (tertiary alicyclic amines) is 1. The minimum absolute atomic E-state index is 0.167. The molecule has 0 unspecified atom stereocenters. The van der Waals surface area contributed by atoms with Gasteiger partial charge in [0.25, 0.3) is 5.91 Å². The Bertz CT molecular complexity index is 1380. The smallest absolute Gasteiger partial charge is 0.417 e. The molecule has 6 nitrogen and oxygen atoms in total. The van der Waals surface area contributed by atoms with Crippen molar-refractivity contribution in [2.24, 2.45) is 0 Å². The minimum atomic E-state index is -4.48. The lowest BCUT2D eigenvalue weighted by molar-refractivity contribution is -0.137. The summed E-state index contributed by atoms with van der Waals surface area (Å²) in [7, 11) is 0. The molecule has 0 bridgehead atoms. The van der Waals surface area contributed by atoms with E-state index >= 15 is 0 Å². The molecule has 186 valence electrons. The third kappa shape index (κ3) is 4.89. The van der Waals surface area contributed by atoms with E-state index in [1.807, 2.05) is 0 Å². The molecule has 1 aliphatic heterocycles. The van der Waals surface area contributed by atoms with E-state index in [1.54, 1.807) is 41.3 Å². The van der Waals surface area contributed by atoms with Crippen LogP contribution in [0.25, 0.3) is 5.65 Å². The Balaban J connectivity index is 1.35. The van der Waals surface area contributed by atoms with E-state index in [-0.39, 0.29) is 24.2 Å². The van der Waals surface area contributed by atoms with Crippen LogP contribution in [0.1, 0.15) is 46.1 Å². The van der Waals surface area contributed by atoms with Crippen LogP contribution in [0, 0.1) is 5.82 Å². The number of halogens is 4. The number of hydrogen-bond donors (Lipinski definition) is 0. The summed E-state index contributed by atoms with van der Waals surface area (Å²) in [5, 5.41) is 8.17. The highest BCUT2D eigenvalue weighted by Crippen LogP contribution is 2.32. The van der Waals surface area contributed by atoms with Gasteiger partial charge in [0, 0.05) is 25.2 Å². The number of amides is 1. The summed E-state index contributed by atoms with van der Waals surface area (Å²) in [5.74, 6) is -0.0529. The van der Waals surface area contributed by atoms with Crippen molar-refractivity contribution in [3.8, 4) is 5.75 Å². The lowest BCUT2D eigenvalue weighted by Crippen LogP contribution is -2.39. The summed E-state index contributed by atoms with van der Waals surface area (Å²) in [6, 6.07) is 15.1. The summed E-state index contributed by atoms with van der Waals surface area (Å²) in [5.41, 5.74) is 0.673. The first-order chi connectivity index (χ1) is 17.3. The van der Waals surface area contributed by atoms with Crippen molar-refractivity contribution in [1.29, 1.82) is 0 Å². The van der Waals surface area contributed by atoms with Crippen molar-refractivity contribution >= 4 is 11.6 Å². The number of hydrogen-bond acceptors (Lipinski definition) is 4. The monoisotopic (exact) mass is 498 g/mol. The second-order valence-corrected chi connectivity index (χ2v) is 8.70. The van der Waals surface area contributed by atoms with Crippen LogP contribution in [0.4, 0.5) is 17.6 Å².